The molecule has 0 aliphatic heterocycles. The Kier molecular flexibility index (Phi) is 4.37. The Morgan fingerprint density at radius 1 is 1.25 bits per heavy atom. The molecule has 0 atom stereocenters. The summed E-state index contributed by atoms with van der Waals surface area (Å²) in [5, 5.41) is 0.345. The van der Waals surface area contributed by atoms with Gasteiger partial charge in [0.25, 0.3) is 10.0 Å². The summed E-state index contributed by atoms with van der Waals surface area (Å²) < 4.78 is 32.0. The molecule has 0 aliphatic carbocycles. The molecule has 106 valence electrons. The van der Waals surface area contributed by atoms with Crippen molar-refractivity contribution in [3.63, 3.8) is 0 Å². The van der Waals surface area contributed by atoms with Crippen LogP contribution in [0.2, 0.25) is 10.0 Å². The maximum absolute atomic E-state index is 12.3. The smallest absolute Gasteiger partial charge is 0.263 e. The molecule has 0 amide bonds. The molecule has 1 N–H and O–H groups in total. The number of rotatable bonds is 4. The van der Waals surface area contributed by atoms with E-state index in [4.69, 9.17) is 27.9 Å². The topological polar surface area (TPSA) is 68.3 Å². The van der Waals surface area contributed by atoms with Crippen molar-refractivity contribution in [3.8, 4) is 5.88 Å². The Balaban J connectivity index is 2.43. The van der Waals surface area contributed by atoms with Gasteiger partial charge in [-0.3, -0.25) is 4.72 Å². The molecule has 5 nitrogen and oxygen atoms in total. The Bertz CT molecular complexity index is 735. The highest BCUT2D eigenvalue weighted by molar-refractivity contribution is 7.92. The van der Waals surface area contributed by atoms with Gasteiger partial charge >= 0.3 is 0 Å². The predicted molar refractivity (Wildman–Crippen MR) is 78.1 cm³/mol. The summed E-state index contributed by atoms with van der Waals surface area (Å²) in [6.07, 6.45) is 1.49. The van der Waals surface area contributed by atoms with Gasteiger partial charge in [-0.15, -0.1) is 0 Å². The van der Waals surface area contributed by atoms with Crippen LogP contribution in [0.3, 0.4) is 0 Å². The van der Waals surface area contributed by atoms with Crippen LogP contribution in [0.25, 0.3) is 0 Å². The van der Waals surface area contributed by atoms with E-state index in [1.54, 1.807) is 6.07 Å². The number of pyridine rings is 1. The molecular weight excluding hydrogens is 323 g/mol. The van der Waals surface area contributed by atoms with Gasteiger partial charge in [0.15, 0.2) is 0 Å². The van der Waals surface area contributed by atoms with Gasteiger partial charge in [0.1, 0.15) is 10.6 Å². The Morgan fingerprint density at radius 2 is 2.00 bits per heavy atom. The number of benzene rings is 1. The fourth-order valence-electron chi connectivity index (χ4n) is 1.51. The van der Waals surface area contributed by atoms with Crippen molar-refractivity contribution in [2.45, 2.75) is 4.90 Å². The van der Waals surface area contributed by atoms with Crippen molar-refractivity contribution >= 4 is 38.9 Å². The number of sulfonamides is 1. The lowest BCUT2D eigenvalue weighted by Crippen LogP contribution is -2.14. The van der Waals surface area contributed by atoms with Crippen LogP contribution in [-0.2, 0) is 10.0 Å². The maximum Gasteiger partial charge on any atom is 0.263 e. The van der Waals surface area contributed by atoms with Crippen LogP contribution in [0.15, 0.2) is 41.4 Å². The van der Waals surface area contributed by atoms with Crippen molar-refractivity contribution in [1.29, 1.82) is 0 Å². The van der Waals surface area contributed by atoms with E-state index in [9.17, 15) is 8.42 Å². The minimum absolute atomic E-state index is 0.0738. The average molecular weight is 333 g/mol. The quantitative estimate of drug-likeness (QED) is 0.933. The van der Waals surface area contributed by atoms with Crippen molar-refractivity contribution in [2.24, 2.45) is 0 Å². The summed E-state index contributed by atoms with van der Waals surface area (Å²) >= 11 is 11.7. The van der Waals surface area contributed by atoms with E-state index in [-0.39, 0.29) is 26.5 Å². The van der Waals surface area contributed by atoms with Crippen LogP contribution in [-0.4, -0.2) is 20.5 Å². The van der Waals surface area contributed by atoms with E-state index in [1.165, 1.54) is 37.6 Å². The van der Waals surface area contributed by atoms with Crippen LogP contribution in [0.1, 0.15) is 0 Å². The number of ether oxygens (including phenoxy) is 1. The summed E-state index contributed by atoms with van der Waals surface area (Å²) in [5.41, 5.74) is 0.214. The predicted octanol–water partition coefficient (Wildman–Crippen LogP) is 3.20. The minimum atomic E-state index is -3.89. The molecule has 0 aliphatic rings. The van der Waals surface area contributed by atoms with Crippen molar-refractivity contribution in [3.05, 3.63) is 46.6 Å². The van der Waals surface area contributed by atoms with E-state index in [1.807, 2.05) is 0 Å². The summed E-state index contributed by atoms with van der Waals surface area (Å²) in [7, 11) is -2.49. The number of nitrogens with zero attached hydrogens (tertiary/aromatic N) is 1. The van der Waals surface area contributed by atoms with E-state index < -0.39 is 10.0 Å². The third kappa shape index (κ3) is 3.15. The number of aromatic nitrogens is 1. The van der Waals surface area contributed by atoms with Gasteiger partial charge in [0.05, 0.1) is 12.1 Å². The number of anilines is 1. The first-order valence-electron chi connectivity index (χ1n) is 5.41. The highest BCUT2D eigenvalue weighted by Crippen LogP contribution is 2.29. The summed E-state index contributed by atoms with van der Waals surface area (Å²) in [6, 6.07) is 7.31. The first-order valence-corrected chi connectivity index (χ1v) is 7.65. The second-order valence-electron chi connectivity index (χ2n) is 3.74. The largest absolute Gasteiger partial charge is 0.480 e. The van der Waals surface area contributed by atoms with Crippen LogP contribution < -0.4 is 9.46 Å². The molecule has 8 heteroatoms. The lowest BCUT2D eigenvalue weighted by atomic mass is 10.4. The molecule has 0 unspecified atom stereocenters. The van der Waals surface area contributed by atoms with Crippen molar-refractivity contribution in [2.75, 3.05) is 11.8 Å². The monoisotopic (exact) mass is 332 g/mol. The molecule has 0 saturated heterocycles. The zero-order valence-corrected chi connectivity index (χ0v) is 12.6. The van der Waals surface area contributed by atoms with Gasteiger partial charge in [0.2, 0.25) is 5.88 Å². The first-order chi connectivity index (χ1) is 9.44. The molecule has 0 fully saturated rings. The zero-order valence-electron chi connectivity index (χ0n) is 10.3. The fraction of sp³-hybridized carbons (Fsp3) is 0.0833. The summed E-state index contributed by atoms with van der Waals surface area (Å²) in [4.78, 5) is 3.79. The van der Waals surface area contributed by atoms with Gasteiger partial charge in [0, 0.05) is 11.2 Å². The normalized spacial score (nSPS) is 11.2. The van der Waals surface area contributed by atoms with Gasteiger partial charge in [-0.25, -0.2) is 13.4 Å². The molecular formula is C12H10Cl2N2O3S. The van der Waals surface area contributed by atoms with E-state index in [0.717, 1.165) is 0 Å². The van der Waals surface area contributed by atoms with Crippen molar-refractivity contribution < 1.29 is 13.2 Å². The van der Waals surface area contributed by atoms with E-state index >= 15 is 0 Å². The molecule has 0 saturated carbocycles. The Labute approximate surface area is 126 Å². The second-order valence-corrected chi connectivity index (χ2v) is 6.23. The molecule has 0 spiro atoms. The molecule has 1 heterocycles. The van der Waals surface area contributed by atoms with Gasteiger partial charge in [-0.2, -0.15) is 0 Å². The third-order valence-electron chi connectivity index (χ3n) is 2.39. The molecule has 20 heavy (non-hydrogen) atoms. The molecule has 1 aromatic heterocycles. The molecule has 2 aromatic rings. The van der Waals surface area contributed by atoms with Gasteiger partial charge in [-0.05, 0) is 30.3 Å². The van der Waals surface area contributed by atoms with Crippen LogP contribution >= 0.6 is 23.2 Å². The molecule has 0 bridgehead atoms. The number of methoxy groups -OCH3 is 1. The van der Waals surface area contributed by atoms with E-state index in [0.29, 0.717) is 0 Å². The lowest BCUT2D eigenvalue weighted by molar-refractivity contribution is 0.400. The van der Waals surface area contributed by atoms with E-state index in [2.05, 4.69) is 9.71 Å². The maximum atomic E-state index is 12.3. The number of halogens is 2. The van der Waals surface area contributed by atoms with Crippen LogP contribution in [0.5, 0.6) is 5.88 Å². The third-order valence-corrected chi connectivity index (χ3v) is 4.47. The SMILES string of the molecule is COc1ncccc1NS(=O)(=O)c1cc(Cl)ccc1Cl. The number of hydrogen-bond donors (Lipinski definition) is 1. The van der Waals surface area contributed by atoms with Crippen LogP contribution in [0, 0.1) is 0 Å². The minimum Gasteiger partial charge on any atom is -0.480 e. The Hall–Kier alpha value is -1.50. The summed E-state index contributed by atoms with van der Waals surface area (Å²) in [6.45, 7) is 0. The summed E-state index contributed by atoms with van der Waals surface area (Å²) in [5.74, 6) is 0.161. The van der Waals surface area contributed by atoms with Gasteiger partial charge < -0.3 is 4.74 Å². The fourth-order valence-corrected chi connectivity index (χ4v) is 3.33. The first kappa shape index (κ1) is 14.9. The second kappa shape index (κ2) is 5.87. The number of nitrogens with one attached hydrogen (secondary N) is 1. The molecule has 2 rings (SSSR count). The molecule has 0 radical (unpaired) electrons. The highest BCUT2D eigenvalue weighted by Gasteiger charge is 2.20. The standard InChI is InChI=1S/C12H10Cl2N2O3S/c1-19-12-10(3-2-6-15-12)16-20(17,18)11-7-8(13)4-5-9(11)14/h2-7,16H,1H3. The highest BCUT2D eigenvalue weighted by atomic mass is 35.5. The Morgan fingerprint density at radius 3 is 2.70 bits per heavy atom. The average Bonchev–Trinajstić information content (AvgIpc) is 2.41. The van der Waals surface area contributed by atoms with Crippen molar-refractivity contribution in [1.82, 2.24) is 4.98 Å². The van der Waals surface area contributed by atoms with Gasteiger partial charge in [-0.1, -0.05) is 23.2 Å². The van der Waals surface area contributed by atoms with Crippen LogP contribution in [0.4, 0.5) is 5.69 Å². The zero-order chi connectivity index (χ0) is 14.8. The lowest BCUT2D eigenvalue weighted by Gasteiger charge is -2.11. The number of hydrogen-bond acceptors (Lipinski definition) is 4. The molecule has 1 aromatic carbocycles.